The summed E-state index contributed by atoms with van der Waals surface area (Å²) in [6, 6.07) is 0. The van der Waals surface area contributed by atoms with Crippen LogP contribution in [0.2, 0.25) is 0 Å². The van der Waals surface area contributed by atoms with Crippen molar-refractivity contribution in [3.05, 3.63) is 36.2 Å². The van der Waals surface area contributed by atoms with E-state index in [0.29, 0.717) is 24.8 Å². The van der Waals surface area contributed by atoms with Crippen LogP contribution < -0.4 is 11.0 Å². The van der Waals surface area contributed by atoms with Gasteiger partial charge in [-0.3, -0.25) is 10.4 Å². The predicted molar refractivity (Wildman–Crippen MR) is 79.2 cm³/mol. The third-order valence-corrected chi connectivity index (χ3v) is 2.97. The number of carbonyl (C=O) groups excluding carboxylic acids is 1. The predicted octanol–water partition coefficient (Wildman–Crippen LogP) is 1.34. The Labute approximate surface area is 124 Å². The first-order chi connectivity index (χ1) is 10.0. The number of imidazole rings is 1. The normalized spacial score (nSPS) is 14.1. The van der Waals surface area contributed by atoms with Crippen molar-refractivity contribution in [1.29, 1.82) is 0 Å². The van der Waals surface area contributed by atoms with Gasteiger partial charge >= 0.3 is 5.97 Å². The number of esters is 1. The van der Waals surface area contributed by atoms with Gasteiger partial charge in [0.1, 0.15) is 5.82 Å². The number of nitrogens with one attached hydrogen (secondary N) is 2. The summed E-state index contributed by atoms with van der Waals surface area (Å²) in [6.07, 6.45) is 5.33. The molecule has 1 aromatic rings. The Balaban J connectivity index is 2.06. The van der Waals surface area contributed by atoms with Crippen molar-refractivity contribution in [3.8, 4) is 0 Å². The molecule has 0 bridgehead atoms. The molecule has 7 heteroatoms. The number of ether oxygens (including phenoxy) is 1. The van der Waals surface area contributed by atoms with Crippen molar-refractivity contribution in [2.75, 3.05) is 6.61 Å². The fourth-order valence-electron chi connectivity index (χ4n) is 2.03. The van der Waals surface area contributed by atoms with Crippen molar-refractivity contribution in [1.82, 2.24) is 25.5 Å². The molecule has 1 aromatic heterocycles. The van der Waals surface area contributed by atoms with Gasteiger partial charge in [-0.25, -0.2) is 9.78 Å². The van der Waals surface area contributed by atoms with E-state index in [-0.39, 0.29) is 5.97 Å². The molecule has 0 spiro atoms. The maximum atomic E-state index is 11.6. The first-order valence-corrected chi connectivity index (χ1v) is 6.92. The van der Waals surface area contributed by atoms with Gasteiger partial charge in [-0.1, -0.05) is 20.4 Å². The van der Waals surface area contributed by atoms with Crippen molar-refractivity contribution >= 4 is 12.2 Å². The van der Waals surface area contributed by atoms with Crippen molar-refractivity contribution in [2.45, 2.75) is 33.2 Å². The van der Waals surface area contributed by atoms with E-state index in [1.54, 1.807) is 24.3 Å². The monoisotopic (exact) mass is 291 g/mol. The number of hydrogen-bond donors (Lipinski definition) is 2. The van der Waals surface area contributed by atoms with Crippen LogP contribution in [-0.2, 0) is 16.1 Å². The molecule has 0 aliphatic carbocycles. The van der Waals surface area contributed by atoms with Gasteiger partial charge in [0.2, 0.25) is 0 Å². The topological polar surface area (TPSA) is 71.4 Å². The van der Waals surface area contributed by atoms with E-state index < -0.39 is 0 Å². The molecule has 0 aromatic carbocycles. The quantitative estimate of drug-likeness (QED) is 0.771. The molecule has 0 saturated carbocycles. The average molecular weight is 291 g/mol. The van der Waals surface area contributed by atoms with Crippen LogP contribution >= 0.6 is 0 Å². The van der Waals surface area contributed by atoms with E-state index >= 15 is 0 Å². The summed E-state index contributed by atoms with van der Waals surface area (Å²) in [7, 11) is 0. The molecule has 2 N–H and O–H groups in total. The number of hydrogen-bond acceptors (Lipinski definition) is 6. The van der Waals surface area contributed by atoms with Gasteiger partial charge in [0.05, 0.1) is 25.0 Å². The van der Waals surface area contributed by atoms with E-state index in [2.05, 4.69) is 36.4 Å². The fourth-order valence-corrected chi connectivity index (χ4v) is 2.03. The lowest BCUT2D eigenvalue weighted by molar-refractivity contribution is -0.138. The highest BCUT2D eigenvalue weighted by Gasteiger charge is 2.20. The molecule has 0 saturated heterocycles. The maximum absolute atomic E-state index is 11.6. The highest BCUT2D eigenvalue weighted by molar-refractivity contribution is 5.87. The van der Waals surface area contributed by atoms with Crippen molar-refractivity contribution in [2.24, 2.45) is 0 Å². The van der Waals surface area contributed by atoms with Crippen LogP contribution in [0.25, 0.3) is 6.20 Å². The van der Waals surface area contributed by atoms with Crippen LogP contribution in [0.3, 0.4) is 0 Å². The first-order valence-electron chi connectivity index (χ1n) is 6.92. The first kappa shape index (κ1) is 15.1. The lowest BCUT2D eigenvalue weighted by Crippen LogP contribution is -2.37. The summed E-state index contributed by atoms with van der Waals surface area (Å²) in [5.74, 6) is 0.890. The van der Waals surface area contributed by atoms with Gasteiger partial charge in [0, 0.05) is 18.3 Å². The third-order valence-electron chi connectivity index (χ3n) is 2.97. The number of carbonyl (C=O) groups is 1. The minimum atomic E-state index is -0.382. The Bertz CT molecular complexity index is 562. The second kappa shape index (κ2) is 6.45. The fraction of sp³-hybridized carbons (Fsp3) is 0.429. The minimum Gasteiger partial charge on any atom is -0.461 e. The number of hydrazine groups is 2. The van der Waals surface area contributed by atoms with Crippen LogP contribution in [0, 0.1) is 0 Å². The second-order valence-corrected chi connectivity index (χ2v) is 4.96. The molecule has 1 aliphatic heterocycles. The minimum absolute atomic E-state index is 0.312. The Morgan fingerprint density at radius 2 is 2.33 bits per heavy atom. The zero-order valence-corrected chi connectivity index (χ0v) is 12.6. The lowest BCUT2D eigenvalue weighted by atomic mass is 10.2. The van der Waals surface area contributed by atoms with Gasteiger partial charge in [0.15, 0.2) is 5.70 Å². The molecule has 1 aliphatic rings. The van der Waals surface area contributed by atoms with Gasteiger partial charge in [-0.05, 0) is 6.92 Å². The number of aromatic nitrogens is 2. The standard InChI is InChI=1S/C14H21N5O2/c1-5-18-7-11(15-13(18)10(3)4)8-19-9-12(16-17-19)14(20)21-6-2/h5,7,9-10,16-17H,1,6,8H2,2-4H3. The Morgan fingerprint density at radius 1 is 1.57 bits per heavy atom. The van der Waals surface area contributed by atoms with Crippen LogP contribution in [0.4, 0.5) is 0 Å². The number of rotatable bonds is 6. The Hall–Kier alpha value is -2.28. The molecule has 21 heavy (non-hydrogen) atoms. The zero-order chi connectivity index (χ0) is 15.4. The van der Waals surface area contributed by atoms with Gasteiger partial charge in [-0.2, -0.15) is 0 Å². The molecule has 0 radical (unpaired) electrons. The van der Waals surface area contributed by atoms with Crippen molar-refractivity contribution in [3.63, 3.8) is 0 Å². The van der Waals surface area contributed by atoms with Gasteiger partial charge in [0.25, 0.3) is 0 Å². The van der Waals surface area contributed by atoms with E-state index in [0.717, 1.165) is 11.5 Å². The average Bonchev–Trinajstić information content (AvgIpc) is 3.06. The third kappa shape index (κ3) is 3.43. The smallest absolute Gasteiger partial charge is 0.357 e. The summed E-state index contributed by atoms with van der Waals surface area (Å²) in [6.45, 7) is 10.6. The van der Waals surface area contributed by atoms with E-state index in [4.69, 9.17) is 4.74 Å². The highest BCUT2D eigenvalue weighted by Crippen LogP contribution is 2.16. The Kier molecular flexibility index (Phi) is 4.64. The van der Waals surface area contributed by atoms with Gasteiger partial charge < -0.3 is 9.30 Å². The van der Waals surface area contributed by atoms with E-state index in [1.165, 1.54) is 0 Å². The molecular weight excluding hydrogens is 270 g/mol. The molecule has 0 amide bonds. The molecule has 2 heterocycles. The molecule has 7 nitrogen and oxygen atoms in total. The lowest BCUT2D eigenvalue weighted by Gasteiger charge is -2.12. The van der Waals surface area contributed by atoms with Crippen LogP contribution in [-0.4, -0.2) is 27.1 Å². The molecule has 0 atom stereocenters. The summed E-state index contributed by atoms with van der Waals surface area (Å²) in [4.78, 5) is 16.2. The number of nitrogens with zero attached hydrogens (tertiary/aromatic N) is 3. The van der Waals surface area contributed by atoms with E-state index in [1.807, 2.05) is 10.8 Å². The second-order valence-electron chi connectivity index (χ2n) is 4.96. The SMILES string of the molecule is C=Cn1cc(CN2C=C(C(=O)OCC)NN2)nc1C(C)C. The summed E-state index contributed by atoms with van der Waals surface area (Å²) in [5, 5.41) is 1.74. The van der Waals surface area contributed by atoms with E-state index in [9.17, 15) is 4.79 Å². The summed E-state index contributed by atoms with van der Waals surface area (Å²) < 4.78 is 6.84. The molecule has 2 rings (SSSR count). The van der Waals surface area contributed by atoms with Crippen LogP contribution in [0.15, 0.2) is 24.7 Å². The van der Waals surface area contributed by atoms with Crippen LogP contribution in [0.1, 0.15) is 38.2 Å². The van der Waals surface area contributed by atoms with Gasteiger partial charge in [-0.15, -0.1) is 5.53 Å². The van der Waals surface area contributed by atoms with Crippen molar-refractivity contribution < 1.29 is 9.53 Å². The summed E-state index contributed by atoms with van der Waals surface area (Å²) >= 11 is 0. The highest BCUT2D eigenvalue weighted by atomic mass is 16.5. The molecule has 0 fully saturated rings. The molecule has 0 unspecified atom stereocenters. The molecular formula is C14H21N5O2. The largest absolute Gasteiger partial charge is 0.461 e. The van der Waals surface area contributed by atoms with Crippen LogP contribution in [0.5, 0.6) is 0 Å². The Morgan fingerprint density at radius 3 is 2.90 bits per heavy atom. The summed E-state index contributed by atoms with van der Waals surface area (Å²) in [5.41, 5.74) is 6.93. The maximum Gasteiger partial charge on any atom is 0.357 e. The molecule has 114 valence electrons. The zero-order valence-electron chi connectivity index (χ0n) is 12.6.